The number of imide groups is 1. The maximum absolute atomic E-state index is 10.4. The van der Waals surface area contributed by atoms with Gasteiger partial charge in [-0.25, -0.2) is 0 Å². The van der Waals surface area contributed by atoms with E-state index in [1.165, 1.54) is 4.90 Å². The Morgan fingerprint density at radius 3 is 1.91 bits per heavy atom. The summed E-state index contributed by atoms with van der Waals surface area (Å²) in [6.45, 7) is 8.27. The van der Waals surface area contributed by atoms with Crippen LogP contribution in [0.25, 0.3) is 0 Å². The molecule has 1 aliphatic heterocycles. The average Bonchev–Trinajstić information content (AvgIpc) is 2.86. The van der Waals surface area contributed by atoms with E-state index in [-0.39, 0.29) is 18.2 Å². The topological polar surface area (TPSA) is 83.5 Å². The fourth-order valence-corrected chi connectivity index (χ4v) is 2.48. The van der Waals surface area contributed by atoms with Crippen LogP contribution in [-0.4, -0.2) is 28.1 Å². The number of carbonyl (C=O) groups excluding carboxylic acids is 2. The molecule has 23 heavy (non-hydrogen) atoms. The van der Waals surface area contributed by atoms with E-state index in [1.54, 1.807) is 11.8 Å². The lowest BCUT2D eigenvalue weighted by Crippen LogP contribution is -2.18. The molecule has 2 N–H and O–H groups in total. The Morgan fingerprint density at radius 1 is 1.13 bits per heavy atom. The van der Waals surface area contributed by atoms with Gasteiger partial charge in [0.2, 0.25) is 11.8 Å². The standard InChI is InChI=1S/C11H14O2S.C4H5NO2.C2H6/c1-8(2)14-10-5-3-9(4-6-10)7-11(12)13;6-3-1-2-4(7)5-3;1-2/h3-6,8H,7H2,1-2H3,(H,12,13);1-2H2,(H,5,6,7);1-2H3. The molecule has 0 bridgehead atoms. The highest BCUT2D eigenvalue weighted by molar-refractivity contribution is 7.99. The van der Waals surface area contributed by atoms with Crippen LogP contribution in [0.4, 0.5) is 0 Å². The summed E-state index contributed by atoms with van der Waals surface area (Å²) in [5.74, 6) is -1.08. The van der Waals surface area contributed by atoms with E-state index < -0.39 is 5.97 Å². The fraction of sp³-hybridized carbons (Fsp3) is 0.471. The van der Waals surface area contributed by atoms with Crippen LogP contribution < -0.4 is 5.32 Å². The zero-order valence-electron chi connectivity index (χ0n) is 14.1. The number of aliphatic carboxylic acids is 1. The molecule has 1 heterocycles. The van der Waals surface area contributed by atoms with Crippen molar-refractivity contribution in [2.75, 3.05) is 0 Å². The molecule has 0 radical (unpaired) electrons. The monoisotopic (exact) mass is 339 g/mol. The van der Waals surface area contributed by atoms with Crippen molar-refractivity contribution in [3.8, 4) is 0 Å². The lowest BCUT2D eigenvalue weighted by Gasteiger charge is -2.04. The molecule has 0 aromatic heterocycles. The summed E-state index contributed by atoms with van der Waals surface area (Å²) in [5, 5.41) is 11.3. The number of thioether (sulfide) groups is 1. The predicted octanol–water partition coefficient (Wildman–Crippen LogP) is 3.26. The van der Waals surface area contributed by atoms with Crippen molar-refractivity contribution in [2.45, 2.75) is 57.1 Å². The molecule has 1 aromatic carbocycles. The van der Waals surface area contributed by atoms with Crippen LogP contribution in [-0.2, 0) is 20.8 Å². The first kappa shape index (κ1) is 21.2. The third kappa shape index (κ3) is 10.5. The number of hydrogen-bond acceptors (Lipinski definition) is 4. The molecule has 0 saturated carbocycles. The summed E-state index contributed by atoms with van der Waals surface area (Å²) >= 11 is 1.78. The zero-order valence-corrected chi connectivity index (χ0v) is 14.9. The van der Waals surface area contributed by atoms with Gasteiger partial charge in [-0.05, 0) is 17.7 Å². The van der Waals surface area contributed by atoms with E-state index in [4.69, 9.17) is 5.11 Å². The molecule has 2 amide bonds. The Bertz CT molecular complexity index is 498. The van der Waals surface area contributed by atoms with Gasteiger partial charge in [0.15, 0.2) is 0 Å². The molecule has 6 heteroatoms. The first-order valence-corrected chi connectivity index (χ1v) is 8.55. The van der Waals surface area contributed by atoms with Gasteiger partial charge in [-0.15, -0.1) is 11.8 Å². The first-order chi connectivity index (χ1) is 10.9. The van der Waals surface area contributed by atoms with Gasteiger partial charge in [-0.1, -0.05) is 39.8 Å². The number of amides is 2. The van der Waals surface area contributed by atoms with Crippen LogP contribution in [0.2, 0.25) is 0 Å². The molecule has 5 nitrogen and oxygen atoms in total. The normalized spacial score (nSPS) is 12.7. The fourth-order valence-electron chi connectivity index (χ4n) is 1.64. The smallest absolute Gasteiger partial charge is 0.307 e. The quantitative estimate of drug-likeness (QED) is 0.650. The van der Waals surface area contributed by atoms with Gasteiger partial charge < -0.3 is 5.11 Å². The lowest BCUT2D eigenvalue weighted by molar-refractivity contribution is -0.136. The molecule has 128 valence electrons. The SMILES string of the molecule is CC.CC(C)Sc1ccc(CC(=O)O)cc1.O=C1CCC(=O)N1. The van der Waals surface area contributed by atoms with Crippen LogP contribution in [0.15, 0.2) is 29.2 Å². The maximum atomic E-state index is 10.4. The number of carbonyl (C=O) groups is 3. The van der Waals surface area contributed by atoms with Gasteiger partial charge in [0.05, 0.1) is 6.42 Å². The summed E-state index contributed by atoms with van der Waals surface area (Å²) in [5.41, 5.74) is 0.852. The Kier molecular flexibility index (Phi) is 10.8. The number of carboxylic acids is 1. The summed E-state index contributed by atoms with van der Waals surface area (Å²) in [7, 11) is 0. The van der Waals surface area contributed by atoms with Crippen molar-refractivity contribution >= 4 is 29.5 Å². The van der Waals surface area contributed by atoms with E-state index in [1.807, 2.05) is 38.1 Å². The van der Waals surface area contributed by atoms with Crippen LogP contribution in [0.3, 0.4) is 0 Å². The Balaban J connectivity index is 0.000000449. The molecule has 2 rings (SSSR count). The van der Waals surface area contributed by atoms with Crippen molar-refractivity contribution < 1.29 is 19.5 Å². The summed E-state index contributed by atoms with van der Waals surface area (Å²) in [6.07, 6.45) is 0.851. The highest BCUT2D eigenvalue weighted by Gasteiger charge is 2.15. The molecule has 1 aromatic rings. The highest BCUT2D eigenvalue weighted by atomic mass is 32.2. The molecule has 1 fully saturated rings. The second-order valence-electron chi connectivity index (χ2n) is 4.85. The van der Waals surface area contributed by atoms with Crippen molar-refractivity contribution in [1.82, 2.24) is 5.32 Å². The molecule has 1 saturated heterocycles. The van der Waals surface area contributed by atoms with Crippen molar-refractivity contribution in [3.05, 3.63) is 29.8 Å². The zero-order chi connectivity index (χ0) is 17.8. The summed E-state index contributed by atoms with van der Waals surface area (Å²) in [4.78, 5) is 31.9. The molecule has 0 aliphatic carbocycles. The Morgan fingerprint density at radius 2 is 1.61 bits per heavy atom. The minimum absolute atomic E-state index is 0.104. The van der Waals surface area contributed by atoms with Gasteiger partial charge in [0.25, 0.3) is 0 Å². The van der Waals surface area contributed by atoms with Crippen molar-refractivity contribution in [1.29, 1.82) is 0 Å². The summed E-state index contributed by atoms with van der Waals surface area (Å²) in [6, 6.07) is 7.70. The molecule has 1 aliphatic rings. The minimum Gasteiger partial charge on any atom is -0.481 e. The van der Waals surface area contributed by atoms with Crippen molar-refractivity contribution in [2.24, 2.45) is 0 Å². The van der Waals surface area contributed by atoms with E-state index >= 15 is 0 Å². The van der Waals surface area contributed by atoms with Crippen molar-refractivity contribution in [3.63, 3.8) is 0 Å². The average molecular weight is 339 g/mol. The molecular formula is C17H25NO4S. The van der Waals surface area contributed by atoms with E-state index in [9.17, 15) is 14.4 Å². The Labute approximate surface area is 141 Å². The molecular weight excluding hydrogens is 314 g/mol. The van der Waals surface area contributed by atoms with Gasteiger partial charge in [-0.2, -0.15) is 0 Å². The largest absolute Gasteiger partial charge is 0.481 e. The van der Waals surface area contributed by atoms with Gasteiger partial charge in [-0.3, -0.25) is 19.7 Å². The van der Waals surface area contributed by atoms with E-state index in [0.717, 1.165) is 5.56 Å². The highest BCUT2D eigenvalue weighted by Crippen LogP contribution is 2.22. The number of carboxylic acid groups (broad SMARTS) is 1. The van der Waals surface area contributed by atoms with E-state index in [2.05, 4.69) is 19.2 Å². The molecule has 0 unspecified atom stereocenters. The first-order valence-electron chi connectivity index (χ1n) is 7.67. The van der Waals surface area contributed by atoms with Crippen LogP contribution in [0.1, 0.15) is 46.1 Å². The second kappa shape index (κ2) is 11.7. The number of rotatable bonds is 4. The molecule has 0 atom stereocenters. The number of benzene rings is 1. The number of nitrogens with one attached hydrogen (secondary N) is 1. The maximum Gasteiger partial charge on any atom is 0.307 e. The number of hydrogen-bond donors (Lipinski definition) is 2. The van der Waals surface area contributed by atoms with Crippen LogP contribution >= 0.6 is 11.8 Å². The van der Waals surface area contributed by atoms with Crippen LogP contribution in [0, 0.1) is 0 Å². The van der Waals surface area contributed by atoms with Gasteiger partial charge >= 0.3 is 5.97 Å². The minimum atomic E-state index is -0.783. The predicted molar refractivity (Wildman–Crippen MR) is 92.5 cm³/mol. The Hall–Kier alpha value is -1.82. The summed E-state index contributed by atoms with van der Waals surface area (Å²) < 4.78 is 0. The van der Waals surface area contributed by atoms with Crippen LogP contribution in [0.5, 0.6) is 0 Å². The van der Waals surface area contributed by atoms with Gasteiger partial charge in [0, 0.05) is 23.0 Å². The lowest BCUT2D eigenvalue weighted by atomic mass is 10.2. The third-order valence-corrected chi connectivity index (χ3v) is 3.52. The molecule has 0 spiro atoms. The second-order valence-corrected chi connectivity index (χ2v) is 6.50. The van der Waals surface area contributed by atoms with Gasteiger partial charge in [0.1, 0.15) is 0 Å². The van der Waals surface area contributed by atoms with E-state index in [0.29, 0.717) is 18.1 Å². The third-order valence-electron chi connectivity index (χ3n) is 2.51.